The summed E-state index contributed by atoms with van der Waals surface area (Å²) in [6.07, 6.45) is 0. The van der Waals surface area contributed by atoms with Gasteiger partial charge in [0.25, 0.3) is 5.91 Å². The van der Waals surface area contributed by atoms with E-state index in [9.17, 15) is 9.90 Å². The maximum Gasteiger partial charge on any atom is 0.264 e. The van der Waals surface area contributed by atoms with E-state index < -0.39 is 0 Å². The summed E-state index contributed by atoms with van der Waals surface area (Å²) in [7, 11) is 0. The van der Waals surface area contributed by atoms with Crippen molar-refractivity contribution in [3.8, 4) is 5.75 Å². The molecule has 1 saturated heterocycles. The Hall–Kier alpha value is -1.85. The van der Waals surface area contributed by atoms with Gasteiger partial charge in [0.15, 0.2) is 0 Å². The second-order valence-corrected chi connectivity index (χ2v) is 8.14. The number of phenolic OH excluding ortho intramolecular Hbond substituents is 1. The summed E-state index contributed by atoms with van der Waals surface area (Å²) < 4.78 is 0. The van der Waals surface area contributed by atoms with Gasteiger partial charge in [-0.3, -0.25) is 4.79 Å². The van der Waals surface area contributed by atoms with Crippen LogP contribution in [0.25, 0.3) is 0 Å². The zero-order valence-corrected chi connectivity index (χ0v) is 16.0. The van der Waals surface area contributed by atoms with Crippen molar-refractivity contribution in [2.75, 3.05) is 26.2 Å². The van der Waals surface area contributed by atoms with Gasteiger partial charge in [0.1, 0.15) is 12.3 Å². The van der Waals surface area contributed by atoms with Gasteiger partial charge < -0.3 is 14.9 Å². The number of aromatic hydroxyl groups is 1. The summed E-state index contributed by atoms with van der Waals surface area (Å²) in [6.45, 7) is 10.6. The number of aryl methyl sites for hydroxylation is 1. The molecule has 1 amide bonds. The summed E-state index contributed by atoms with van der Waals surface area (Å²) in [5.74, 6) is 0.996. The van der Waals surface area contributed by atoms with Crippen molar-refractivity contribution in [2.45, 2.75) is 33.2 Å². The third-order valence-electron chi connectivity index (χ3n) is 5.02. The molecule has 2 heterocycles. The lowest BCUT2D eigenvalue weighted by atomic mass is 9.95. The third kappa shape index (κ3) is 4.05. The van der Waals surface area contributed by atoms with Gasteiger partial charge in [0.2, 0.25) is 0 Å². The molecule has 1 aromatic carbocycles. The predicted octanol–water partition coefficient (Wildman–Crippen LogP) is 2.43. The van der Waals surface area contributed by atoms with Crippen LogP contribution in [-0.2, 0) is 6.54 Å². The van der Waals surface area contributed by atoms with Crippen molar-refractivity contribution in [3.63, 3.8) is 0 Å². The Kier molecular flexibility index (Phi) is 5.45. The van der Waals surface area contributed by atoms with E-state index in [0.717, 1.165) is 48.7 Å². The van der Waals surface area contributed by atoms with E-state index >= 15 is 0 Å². The lowest BCUT2D eigenvalue weighted by Gasteiger charge is -2.32. The highest BCUT2D eigenvalue weighted by atomic mass is 32.1. The highest BCUT2D eigenvalue weighted by Crippen LogP contribution is 2.26. The van der Waals surface area contributed by atoms with Crippen LogP contribution < -0.4 is 4.90 Å². The van der Waals surface area contributed by atoms with Gasteiger partial charge in [-0.25, -0.2) is 0 Å². The monoisotopic (exact) mass is 359 g/mol. The Bertz CT molecular complexity index is 732. The SMILES string of the molecule is Cc1cc(O)c(C[NH+]2CCN(C(=O)c3cccs3)CC2)cc1C(C)C. The minimum atomic E-state index is 0.148. The highest BCUT2D eigenvalue weighted by molar-refractivity contribution is 7.12. The topological polar surface area (TPSA) is 45.0 Å². The summed E-state index contributed by atoms with van der Waals surface area (Å²) in [5, 5.41) is 12.3. The number of thiophene rings is 1. The Morgan fingerprint density at radius 1 is 1.32 bits per heavy atom. The fourth-order valence-electron chi connectivity index (χ4n) is 3.55. The zero-order valence-electron chi connectivity index (χ0n) is 15.2. The smallest absolute Gasteiger partial charge is 0.264 e. The Morgan fingerprint density at radius 2 is 2.04 bits per heavy atom. The molecule has 25 heavy (non-hydrogen) atoms. The molecule has 0 saturated carbocycles. The van der Waals surface area contributed by atoms with Crippen molar-refractivity contribution in [2.24, 2.45) is 0 Å². The lowest BCUT2D eigenvalue weighted by molar-refractivity contribution is -0.917. The minimum absolute atomic E-state index is 0.148. The maximum atomic E-state index is 12.4. The molecule has 134 valence electrons. The molecule has 0 bridgehead atoms. The first-order valence-corrected chi connectivity index (χ1v) is 9.82. The van der Waals surface area contributed by atoms with Gasteiger partial charge in [-0.15, -0.1) is 11.3 Å². The minimum Gasteiger partial charge on any atom is -0.507 e. The molecule has 0 atom stereocenters. The quantitative estimate of drug-likeness (QED) is 0.881. The summed E-state index contributed by atoms with van der Waals surface area (Å²) in [5.41, 5.74) is 3.47. The summed E-state index contributed by atoms with van der Waals surface area (Å²) >= 11 is 1.50. The molecule has 2 aromatic rings. The van der Waals surface area contributed by atoms with Gasteiger partial charge in [0.05, 0.1) is 31.1 Å². The van der Waals surface area contributed by atoms with Crippen LogP contribution in [0.5, 0.6) is 5.75 Å². The lowest BCUT2D eigenvalue weighted by Crippen LogP contribution is -3.13. The molecule has 2 N–H and O–H groups in total. The number of nitrogens with one attached hydrogen (secondary N) is 1. The van der Waals surface area contributed by atoms with Crippen molar-refractivity contribution in [1.82, 2.24) is 4.90 Å². The van der Waals surface area contributed by atoms with E-state index in [0.29, 0.717) is 11.7 Å². The van der Waals surface area contributed by atoms with Gasteiger partial charge in [-0.2, -0.15) is 0 Å². The number of quaternary nitrogens is 1. The van der Waals surface area contributed by atoms with Crippen LogP contribution in [0, 0.1) is 6.92 Å². The number of amides is 1. The molecule has 3 rings (SSSR count). The largest absolute Gasteiger partial charge is 0.507 e. The number of benzene rings is 1. The standard InChI is InChI=1S/C20H26N2O2S/c1-14(2)17-12-16(18(23)11-15(17)3)13-21-6-8-22(9-7-21)20(24)19-5-4-10-25-19/h4-5,10-12,14,23H,6-9,13H2,1-3H3/p+1. The molecule has 1 aliphatic heterocycles. The zero-order chi connectivity index (χ0) is 18.0. The van der Waals surface area contributed by atoms with E-state index in [1.54, 1.807) is 0 Å². The van der Waals surface area contributed by atoms with Crippen LogP contribution in [0.2, 0.25) is 0 Å². The first-order valence-electron chi connectivity index (χ1n) is 8.94. The molecule has 0 unspecified atom stereocenters. The molecule has 0 aliphatic carbocycles. The normalized spacial score (nSPS) is 15.8. The molecule has 0 spiro atoms. The first-order chi connectivity index (χ1) is 12.0. The van der Waals surface area contributed by atoms with E-state index in [4.69, 9.17) is 0 Å². The maximum absolute atomic E-state index is 12.4. The first kappa shape index (κ1) is 18.0. The number of carbonyl (C=O) groups excluding carboxylic acids is 1. The Labute approximate surface area is 153 Å². The Balaban J connectivity index is 1.63. The molecular formula is C20H27N2O2S+. The van der Waals surface area contributed by atoms with E-state index in [-0.39, 0.29) is 5.91 Å². The second kappa shape index (κ2) is 7.58. The van der Waals surface area contributed by atoms with Gasteiger partial charge in [-0.1, -0.05) is 19.9 Å². The molecular weight excluding hydrogens is 332 g/mol. The van der Waals surface area contributed by atoms with Gasteiger partial charge >= 0.3 is 0 Å². The number of rotatable bonds is 4. The fourth-order valence-corrected chi connectivity index (χ4v) is 4.24. The second-order valence-electron chi connectivity index (χ2n) is 7.19. The Morgan fingerprint density at radius 3 is 2.64 bits per heavy atom. The van der Waals surface area contributed by atoms with Crippen LogP contribution in [0.4, 0.5) is 0 Å². The van der Waals surface area contributed by atoms with Crippen LogP contribution in [0.1, 0.15) is 46.1 Å². The molecule has 1 aliphatic rings. The highest BCUT2D eigenvalue weighted by Gasteiger charge is 2.25. The van der Waals surface area contributed by atoms with Gasteiger partial charge in [0, 0.05) is 5.56 Å². The van der Waals surface area contributed by atoms with Crippen molar-refractivity contribution >= 4 is 17.2 Å². The van der Waals surface area contributed by atoms with Crippen molar-refractivity contribution in [1.29, 1.82) is 0 Å². The predicted molar refractivity (Wildman–Crippen MR) is 102 cm³/mol. The molecule has 0 radical (unpaired) electrons. The van der Waals surface area contributed by atoms with Crippen molar-refractivity contribution < 1.29 is 14.8 Å². The van der Waals surface area contributed by atoms with Crippen molar-refractivity contribution in [3.05, 3.63) is 51.2 Å². The fraction of sp³-hybridized carbons (Fsp3) is 0.450. The van der Waals surface area contributed by atoms with Gasteiger partial charge in [-0.05, 0) is 47.5 Å². The summed E-state index contributed by atoms with van der Waals surface area (Å²) in [6, 6.07) is 7.86. The molecule has 4 nitrogen and oxygen atoms in total. The van der Waals surface area contributed by atoms with Crippen LogP contribution >= 0.6 is 11.3 Å². The average Bonchev–Trinajstić information content (AvgIpc) is 3.11. The third-order valence-corrected chi connectivity index (χ3v) is 5.88. The average molecular weight is 360 g/mol. The van der Waals surface area contributed by atoms with Crippen LogP contribution in [-0.4, -0.2) is 42.1 Å². The number of nitrogens with zero attached hydrogens (tertiary/aromatic N) is 1. The number of piperazine rings is 1. The summed E-state index contributed by atoms with van der Waals surface area (Å²) in [4.78, 5) is 16.6. The number of carbonyl (C=O) groups is 1. The molecule has 5 heteroatoms. The van der Waals surface area contributed by atoms with Crippen LogP contribution in [0.15, 0.2) is 29.6 Å². The molecule has 1 fully saturated rings. The number of hydrogen-bond donors (Lipinski definition) is 2. The van der Waals surface area contributed by atoms with E-state index in [1.807, 2.05) is 28.5 Å². The number of phenols is 1. The number of hydrogen-bond acceptors (Lipinski definition) is 3. The van der Waals surface area contributed by atoms with E-state index in [1.165, 1.54) is 21.8 Å². The van der Waals surface area contributed by atoms with E-state index in [2.05, 4.69) is 26.8 Å². The molecule has 1 aromatic heterocycles. The van der Waals surface area contributed by atoms with Crippen LogP contribution in [0.3, 0.4) is 0 Å².